The highest BCUT2D eigenvalue weighted by molar-refractivity contribution is 7.09. The molecule has 1 aromatic rings. The molecular formula is C9H13NOS. The molecule has 0 N–H and O–H groups in total. The van der Waals surface area contributed by atoms with Crippen molar-refractivity contribution in [3.63, 3.8) is 0 Å². The van der Waals surface area contributed by atoms with Crippen LogP contribution in [0.1, 0.15) is 35.8 Å². The van der Waals surface area contributed by atoms with Crippen LogP contribution in [0.25, 0.3) is 0 Å². The number of nitrogens with zero attached hydrogens (tertiary/aromatic N) is 1. The monoisotopic (exact) mass is 183 g/mol. The zero-order valence-electron chi connectivity index (χ0n) is 7.63. The Morgan fingerprint density at radius 2 is 2.33 bits per heavy atom. The van der Waals surface area contributed by atoms with Gasteiger partial charge in [0.05, 0.1) is 5.01 Å². The Morgan fingerprint density at radius 3 is 2.75 bits per heavy atom. The van der Waals surface area contributed by atoms with Crippen LogP contribution in [0.5, 0.6) is 0 Å². The van der Waals surface area contributed by atoms with E-state index in [9.17, 15) is 4.79 Å². The molecule has 0 aromatic carbocycles. The lowest BCUT2D eigenvalue weighted by Gasteiger charge is -1.99. The lowest BCUT2D eigenvalue weighted by Crippen LogP contribution is -2.03. The van der Waals surface area contributed by atoms with Crippen molar-refractivity contribution in [2.75, 3.05) is 0 Å². The first-order valence-corrected chi connectivity index (χ1v) is 4.93. The molecule has 0 saturated heterocycles. The number of carbonyl (C=O) groups is 1. The summed E-state index contributed by atoms with van der Waals surface area (Å²) in [5.74, 6) is 0.578. The molecule has 0 spiro atoms. The minimum Gasteiger partial charge on any atom is -0.292 e. The van der Waals surface area contributed by atoms with Gasteiger partial charge in [0.1, 0.15) is 5.69 Å². The first-order valence-electron chi connectivity index (χ1n) is 4.05. The van der Waals surface area contributed by atoms with E-state index in [0.717, 1.165) is 5.01 Å². The lowest BCUT2D eigenvalue weighted by molar-refractivity contribution is 0.0963. The normalized spacial score (nSPS) is 10.7. The molecular weight excluding hydrogens is 170 g/mol. The molecule has 1 aromatic heterocycles. The van der Waals surface area contributed by atoms with E-state index >= 15 is 0 Å². The van der Waals surface area contributed by atoms with Gasteiger partial charge in [-0.05, 0) is 12.8 Å². The van der Waals surface area contributed by atoms with E-state index in [-0.39, 0.29) is 5.78 Å². The van der Waals surface area contributed by atoms with E-state index in [1.165, 1.54) is 11.3 Å². The van der Waals surface area contributed by atoms with Crippen LogP contribution in [-0.2, 0) is 0 Å². The van der Waals surface area contributed by atoms with Crippen molar-refractivity contribution in [3.05, 3.63) is 16.1 Å². The Bertz CT molecular complexity index is 278. The number of thiazole rings is 1. The van der Waals surface area contributed by atoms with Crippen LogP contribution >= 0.6 is 11.3 Å². The minimum absolute atomic E-state index is 0.161. The van der Waals surface area contributed by atoms with Crippen molar-refractivity contribution in [2.45, 2.75) is 27.2 Å². The highest BCUT2D eigenvalue weighted by Crippen LogP contribution is 2.12. The Hall–Kier alpha value is -0.700. The number of aryl methyl sites for hydroxylation is 1. The van der Waals surface area contributed by atoms with Crippen LogP contribution in [0.2, 0.25) is 0 Å². The second kappa shape index (κ2) is 3.81. The van der Waals surface area contributed by atoms with Crippen molar-refractivity contribution in [1.82, 2.24) is 4.98 Å². The SMILES string of the molecule is Cc1nc(C(=O)CC(C)C)cs1. The standard InChI is InChI=1S/C9H13NOS/c1-6(2)4-9(11)8-5-12-7(3)10-8/h5-6H,4H2,1-3H3. The van der Waals surface area contributed by atoms with Crippen LogP contribution in [0.3, 0.4) is 0 Å². The molecule has 12 heavy (non-hydrogen) atoms. The smallest absolute Gasteiger partial charge is 0.182 e. The summed E-state index contributed by atoms with van der Waals surface area (Å²) in [6.45, 7) is 5.99. The molecule has 1 rings (SSSR count). The molecule has 0 aliphatic heterocycles. The zero-order valence-corrected chi connectivity index (χ0v) is 8.44. The molecule has 0 aliphatic carbocycles. The molecule has 0 amide bonds. The van der Waals surface area contributed by atoms with Crippen molar-refractivity contribution in [2.24, 2.45) is 5.92 Å². The van der Waals surface area contributed by atoms with E-state index in [4.69, 9.17) is 0 Å². The van der Waals surface area contributed by atoms with Gasteiger partial charge in [-0.2, -0.15) is 0 Å². The van der Waals surface area contributed by atoms with E-state index < -0.39 is 0 Å². The molecule has 3 heteroatoms. The van der Waals surface area contributed by atoms with Crippen LogP contribution < -0.4 is 0 Å². The summed E-state index contributed by atoms with van der Waals surface area (Å²) < 4.78 is 0. The molecule has 0 saturated carbocycles. The van der Waals surface area contributed by atoms with E-state index in [2.05, 4.69) is 4.98 Å². The molecule has 0 unspecified atom stereocenters. The highest BCUT2D eigenvalue weighted by Gasteiger charge is 2.10. The maximum atomic E-state index is 11.4. The Morgan fingerprint density at radius 1 is 1.67 bits per heavy atom. The van der Waals surface area contributed by atoms with Crippen molar-refractivity contribution >= 4 is 17.1 Å². The predicted molar refractivity (Wildman–Crippen MR) is 50.6 cm³/mol. The van der Waals surface area contributed by atoms with Gasteiger partial charge in [-0.1, -0.05) is 13.8 Å². The molecule has 0 fully saturated rings. The summed E-state index contributed by atoms with van der Waals surface area (Å²) in [7, 11) is 0. The lowest BCUT2D eigenvalue weighted by atomic mass is 10.1. The number of Topliss-reactive ketones (excluding diaryl/α,β-unsaturated/α-hetero) is 1. The molecule has 66 valence electrons. The molecule has 0 atom stereocenters. The van der Waals surface area contributed by atoms with Crippen molar-refractivity contribution in [1.29, 1.82) is 0 Å². The highest BCUT2D eigenvalue weighted by atomic mass is 32.1. The average Bonchev–Trinajstić information content (AvgIpc) is 2.34. The van der Waals surface area contributed by atoms with Crippen molar-refractivity contribution in [3.8, 4) is 0 Å². The molecule has 0 bridgehead atoms. The van der Waals surface area contributed by atoms with Crippen LogP contribution in [0.4, 0.5) is 0 Å². The summed E-state index contributed by atoms with van der Waals surface area (Å²) in [4.78, 5) is 15.5. The summed E-state index contributed by atoms with van der Waals surface area (Å²) in [5, 5.41) is 2.79. The third-order valence-corrected chi connectivity index (χ3v) is 2.27. The Kier molecular flexibility index (Phi) is 2.98. The van der Waals surface area contributed by atoms with Gasteiger partial charge in [-0.25, -0.2) is 4.98 Å². The fourth-order valence-corrected chi connectivity index (χ4v) is 1.58. The van der Waals surface area contributed by atoms with E-state index in [1.54, 1.807) is 0 Å². The summed E-state index contributed by atoms with van der Waals surface area (Å²) in [6, 6.07) is 0. The quantitative estimate of drug-likeness (QED) is 0.674. The van der Waals surface area contributed by atoms with Gasteiger partial charge >= 0.3 is 0 Å². The maximum Gasteiger partial charge on any atom is 0.182 e. The summed E-state index contributed by atoms with van der Waals surface area (Å²) in [5.41, 5.74) is 0.631. The maximum absolute atomic E-state index is 11.4. The largest absolute Gasteiger partial charge is 0.292 e. The fraction of sp³-hybridized carbons (Fsp3) is 0.556. The number of ketones is 1. The third kappa shape index (κ3) is 2.41. The van der Waals surface area contributed by atoms with Gasteiger partial charge in [0.25, 0.3) is 0 Å². The topological polar surface area (TPSA) is 30.0 Å². The van der Waals surface area contributed by atoms with E-state index in [1.807, 2.05) is 26.2 Å². The predicted octanol–water partition coefficient (Wildman–Crippen LogP) is 2.68. The third-order valence-electron chi connectivity index (χ3n) is 1.50. The molecule has 0 radical (unpaired) electrons. The summed E-state index contributed by atoms with van der Waals surface area (Å²) in [6.07, 6.45) is 0.600. The van der Waals surface area contributed by atoms with Crippen LogP contribution in [-0.4, -0.2) is 10.8 Å². The van der Waals surface area contributed by atoms with Gasteiger partial charge in [-0.15, -0.1) is 11.3 Å². The average molecular weight is 183 g/mol. The van der Waals surface area contributed by atoms with Gasteiger partial charge in [0.2, 0.25) is 0 Å². The first-order chi connectivity index (χ1) is 5.59. The molecule has 1 heterocycles. The second-order valence-corrected chi connectivity index (χ2v) is 4.34. The fourth-order valence-electron chi connectivity index (χ4n) is 0.967. The summed E-state index contributed by atoms with van der Waals surface area (Å²) >= 11 is 1.53. The minimum atomic E-state index is 0.161. The molecule has 2 nitrogen and oxygen atoms in total. The Labute approximate surface area is 76.6 Å². The van der Waals surface area contributed by atoms with Gasteiger partial charge in [0, 0.05) is 11.8 Å². The number of carbonyl (C=O) groups excluding carboxylic acids is 1. The van der Waals surface area contributed by atoms with Crippen LogP contribution in [0.15, 0.2) is 5.38 Å². The molecule has 0 aliphatic rings. The van der Waals surface area contributed by atoms with Crippen LogP contribution in [0, 0.1) is 12.8 Å². The number of hydrogen-bond acceptors (Lipinski definition) is 3. The first kappa shape index (κ1) is 9.39. The number of aromatic nitrogens is 1. The van der Waals surface area contributed by atoms with Gasteiger partial charge in [-0.3, -0.25) is 4.79 Å². The number of hydrogen-bond donors (Lipinski definition) is 0. The van der Waals surface area contributed by atoms with E-state index in [0.29, 0.717) is 18.0 Å². The zero-order chi connectivity index (χ0) is 9.14. The van der Waals surface area contributed by atoms with Gasteiger partial charge < -0.3 is 0 Å². The second-order valence-electron chi connectivity index (χ2n) is 3.27. The van der Waals surface area contributed by atoms with Crippen molar-refractivity contribution < 1.29 is 4.79 Å². The number of rotatable bonds is 3. The Balaban J connectivity index is 2.65. The van der Waals surface area contributed by atoms with Gasteiger partial charge in [0.15, 0.2) is 5.78 Å².